The minimum absolute atomic E-state index is 0.01000. The molecule has 1 heterocycles. The number of anilines is 1. The number of phenolic OH excluding ortho intramolecular Hbond substituents is 1. The average Bonchev–Trinajstić information content (AvgIpc) is 3.05. The molecule has 1 aliphatic heterocycles. The Morgan fingerprint density at radius 2 is 1.73 bits per heavy atom. The van der Waals surface area contributed by atoms with Crippen molar-refractivity contribution in [1.82, 2.24) is 0 Å². The van der Waals surface area contributed by atoms with Gasteiger partial charge in [-0.25, -0.2) is 0 Å². The Morgan fingerprint density at radius 3 is 2.43 bits per heavy atom. The van der Waals surface area contributed by atoms with Crippen LogP contribution in [0.4, 0.5) is 5.69 Å². The number of hydrogen-bond donors (Lipinski definition) is 2. The molecule has 0 aromatic heterocycles. The van der Waals surface area contributed by atoms with Crippen molar-refractivity contribution in [3.63, 3.8) is 0 Å². The number of amides is 1. The largest absolute Gasteiger partial charge is 0.508 e. The van der Waals surface area contributed by atoms with Gasteiger partial charge in [0.15, 0.2) is 0 Å². The van der Waals surface area contributed by atoms with Gasteiger partial charge in [0.25, 0.3) is 5.91 Å². The molecule has 0 radical (unpaired) electrons. The highest BCUT2D eigenvalue weighted by atomic mass is 16.3. The summed E-state index contributed by atoms with van der Waals surface area (Å²) >= 11 is 0. The molecule has 30 heavy (non-hydrogen) atoms. The molecule has 150 valence electrons. The standard InChI is InChI=1S/C26H23NO3/c28-21-14-10-18(11-15-21)26(19-12-16-22(29)17-13-19)24-9-5-4-8-23(24)25(30)27(26)20-6-2-1-3-7-20/h1-8,10-12,14-17,19,24,28-29H,9,13H2. The molecular formula is C26H23NO3. The van der Waals surface area contributed by atoms with E-state index in [1.807, 2.05) is 71.7 Å². The van der Waals surface area contributed by atoms with Crippen LogP contribution in [0.25, 0.3) is 0 Å². The topological polar surface area (TPSA) is 60.8 Å². The summed E-state index contributed by atoms with van der Waals surface area (Å²) in [6.45, 7) is 0. The zero-order valence-electron chi connectivity index (χ0n) is 16.5. The van der Waals surface area contributed by atoms with Crippen molar-refractivity contribution in [2.45, 2.75) is 18.4 Å². The van der Waals surface area contributed by atoms with E-state index >= 15 is 0 Å². The van der Waals surface area contributed by atoms with E-state index in [-0.39, 0.29) is 29.3 Å². The fourth-order valence-corrected chi connectivity index (χ4v) is 5.26. The Kier molecular flexibility index (Phi) is 4.35. The van der Waals surface area contributed by atoms with Crippen molar-refractivity contribution in [1.29, 1.82) is 0 Å². The number of aliphatic hydroxyl groups is 1. The molecule has 3 atom stereocenters. The number of hydrogen-bond acceptors (Lipinski definition) is 3. The molecule has 1 fully saturated rings. The second-order valence-corrected chi connectivity index (χ2v) is 8.02. The maximum atomic E-state index is 13.8. The van der Waals surface area contributed by atoms with Crippen molar-refractivity contribution in [3.05, 3.63) is 108 Å². The van der Waals surface area contributed by atoms with Crippen LogP contribution in [0.1, 0.15) is 18.4 Å². The second-order valence-electron chi connectivity index (χ2n) is 8.02. The number of rotatable bonds is 3. The predicted molar refractivity (Wildman–Crippen MR) is 117 cm³/mol. The smallest absolute Gasteiger partial charge is 0.255 e. The van der Waals surface area contributed by atoms with Crippen LogP contribution in [0.5, 0.6) is 5.75 Å². The fraction of sp³-hybridized carbons (Fsp3) is 0.192. The highest BCUT2D eigenvalue weighted by molar-refractivity contribution is 6.11. The molecular weight excluding hydrogens is 374 g/mol. The Labute approximate surface area is 175 Å². The summed E-state index contributed by atoms with van der Waals surface area (Å²) in [6.07, 6.45) is 13.0. The van der Waals surface area contributed by atoms with Crippen LogP contribution in [0.15, 0.2) is 102 Å². The maximum absolute atomic E-state index is 13.8. The number of allylic oxidation sites excluding steroid dienone is 5. The molecule has 0 spiro atoms. The van der Waals surface area contributed by atoms with E-state index in [1.54, 1.807) is 18.2 Å². The third kappa shape index (κ3) is 2.64. The van der Waals surface area contributed by atoms with Gasteiger partial charge in [-0.15, -0.1) is 0 Å². The molecule has 2 N–H and O–H groups in total. The number of fused-ring (bicyclic) bond motifs is 1. The van der Waals surface area contributed by atoms with Gasteiger partial charge in [-0.2, -0.15) is 0 Å². The first-order valence-corrected chi connectivity index (χ1v) is 10.3. The lowest BCUT2D eigenvalue weighted by Crippen LogP contribution is -2.52. The lowest BCUT2D eigenvalue weighted by Gasteiger charge is -2.47. The van der Waals surface area contributed by atoms with E-state index in [2.05, 4.69) is 6.08 Å². The third-order valence-electron chi connectivity index (χ3n) is 6.50. The van der Waals surface area contributed by atoms with Crippen LogP contribution in [0.3, 0.4) is 0 Å². The molecule has 1 amide bonds. The maximum Gasteiger partial charge on any atom is 0.255 e. The van der Waals surface area contributed by atoms with Crippen LogP contribution >= 0.6 is 0 Å². The number of carbonyl (C=O) groups excluding carboxylic acids is 1. The molecule has 3 unspecified atom stereocenters. The zero-order chi connectivity index (χ0) is 20.7. The normalized spacial score (nSPS) is 27.6. The number of para-hydroxylation sites is 1. The number of phenols is 1. The molecule has 4 heteroatoms. The molecule has 5 rings (SSSR count). The Balaban J connectivity index is 1.80. The van der Waals surface area contributed by atoms with E-state index in [1.165, 1.54) is 0 Å². The fourth-order valence-electron chi connectivity index (χ4n) is 5.26. The summed E-state index contributed by atoms with van der Waals surface area (Å²) in [5, 5.41) is 19.9. The highest BCUT2D eigenvalue weighted by Crippen LogP contribution is 2.57. The predicted octanol–water partition coefficient (Wildman–Crippen LogP) is 5.15. The van der Waals surface area contributed by atoms with Crippen molar-refractivity contribution in [2.24, 2.45) is 11.8 Å². The first kappa shape index (κ1) is 18.5. The molecule has 2 aromatic carbocycles. The van der Waals surface area contributed by atoms with Gasteiger partial charge >= 0.3 is 0 Å². The van der Waals surface area contributed by atoms with Crippen LogP contribution in [0, 0.1) is 11.8 Å². The van der Waals surface area contributed by atoms with Crippen molar-refractivity contribution >= 4 is 11.6 Å². The number of aromatic hydroxyl groups is 1. The first-order valence-electron chi connectivity index (χ1n) is 10.3. The first-order chi connectivity index (χ1) is 14.6. The Morgan fingerprint density at radius 1 is 0.967 bits per heavy atom. The minimum Gasteiger partial charge on any atom is -0.508 e. The van der Waals surface area contributed by atoms with Gasteiger partial charge in [-0.05, 0) is 54.8 Å². The molecule has 3 aliphatic rings. The number of carbonyl (C=O) groups is 1. The van der Waals surface area contributed by atoms with Crippen molar-refractivity contribution < 1.29 is 15.0 Å². The summed E-state index contributed by atoms with van der Waals surface area (Å²) in [4.78, 5) is 15.7. The van der Waals surface area contributed by atoms with Gasteiger partial charge in [0.05, 0.1) is 5.54 Å². The number of aliphatic hydroxyl groups excluding tert-OH is 1. The summed E-state index contributed by atoms with van der Waals surface area (Å²) in [5.41, 5.74) is 1.96. The zero-order valence-corrected chi connectivity index (χ0v) is 16.5. The van der Waals surface area contributed by atoms with E-state index < -0.39 is 5.54 Å². The van der Waals surface area contributed by atoms with E-state index in [0.717, 1.165) is 23.2 Å². The average molecular weight is 397 g/mol. The molecule has 4 nitrogen and oxygen atoms in total. The second kappa shape index (κ2) is 7.06. The van der Waals surface area contributed by atoms with E-state index in [4.69, 9.17) is 0 Å². The van der Waals surface area contributed by atoms with Gasteiger partial charge in [0, 0.05) is 23.1 Å². The van der Waals surface area contributed by atoms with Gasteiger partial charge in [0.1, 0.15) is 11.5 Å². The number of benzene rings is 2. The quantitative estimate of drug-likeness (QED) is 0.753. The van der Waals surface area contributed by atoms with Crippen LogP contribution in [-0.4, -0.2) is 16.1 Å². The summed E-state index contributed by atoms with van der Waals surface area (Å²) in [5.74, 6) is 0.380. The monoisotopic (exact) mass is 397 g/mol. The molecule has 0 saturated carbocycles. The summed E-state index contributed by atoms with van der Waals surface area (Å²) < 4.78 is 0. The Bertz CT molecular complexity index is 1090. The van der Waals surface area contributed by atoms with E-state index in [0.29, 0.717) is 6.42 Å². The minimum atomic E-state index is -0.670. The van der Waals surface area contributed by atoms with Crippen LogP contribution in [-0.2, 0) is 10.3 Å². The highest BCUT2D eigenvalue weighted by Gasteiger charge is 2.60. The van der Waals surface area contributed by atoms with E-state index in [9.17, 15) is 15.0 Å². The SMILES string of the molecule is O=C1C2=CC=CCC2C(c2ccc(O)cc2)(C2C=CC(O)=CC2)N1c1ccccc1. The molecule has 0 bridgehead atoms. The lowest BCUT2D eigenvalue weighted by atomic mass is 9.65. The van der Waals surface area contributed by atoms with Gasteiger partial charge in [-0.1, -0.05) is 54.6 Å². The van der Waals surface area contributed by atoms with Gasteiger partial charge in [-0.3, -0.25) is 9.69 Å². The van der Waals surface area contributed by atoms with Gasteiger partial charge < -0.3 is 10.2 Å². The van der Waals surface area contributed by atoms with Crippen LogP contribution < -0.4 is 4.90 Å². The Hall–Kier alpha value is -3.53. The van der Waals surface area contributed by atoms with Crippen molar-refractivity contribution in [2.75, 3.05) is 4.90 Å². The molecule has 2 aliphatic carbocycles. The van der Waals surface area contributed by atoms with Crippen molar-refractivity contribution in [3.8, 4) is 5.75 Å². The van der Waals surface area contributed by atoms with Crippen LogP contribution in [0.2, 0.25) is 0 Å². The lowest BCUT2D eigenvalue weighted by molar-refractivity contribution is -0.114. The molecule has 1 saturated heterocycles. The van der Waals surface area contributed by atoms with Gasteiger partial charge in [0.2, 0.25) is 0 Å². The number of nitrogens with zero attached hydrogens (tertiary/aromatic N) is 1. The molecule has 2 aromatic rings. The summed E-state index contributed by atoms with van der Waals surface area (Å²) in [6, 6.07) is 17.0. The third-order valence-corrected chi connectivity index (χ3v) is 6.50. The summed E-state index contributed by atoms with van der Waals surface area (Å²) in [7, 11) is 0.